The van der Waals surface area contributed by atoms with Crippen LogP contribution in [0, 0.1) is 6.92 Å². The van der Waals surface area contributed by atoms with Gasteiger partial charge in [0.15, 0.2) is 0 Å². The lowest BCUT2D eigenvalue weighted by Gasteiger charge is -2.06. The number of nitrogens with zero attached hydrogens (tertiary/aromatic N) is 1. The van der Waals surface area contributed by atoms with E-state index in [1.165, 1.54) is 0 Å². The second-order valence-electron chi connectivity index (χ2n) is 4.85. The summed E-state index contributed by atoms with van der Waals surface area (Å²) in [6.45, 7) is 7.24. The van der Waals surface area contributed by atoms with Crippen LogP contribution in [0.25, 0.3) is 0 Å². The Morgan fingerprint density at radius 3 is 2.33 bits per heavy atom. The number of ether oxygens (including phenoxy) is 2. The van der Waals surface area contributed by atoms with E-state index in [4.69, 9.17) is 15.2 Å². The zero-order valence-corrected chi connectivity index (χ0v) is 13.6. The molecule has 0 amide bonds. The van der Waals surface area contributed by atoms with Crippen LogP contribution in [0.15, 0.2) is 24.3 Å². The summed E-state index contributed by atoms with van der Waals surface area (Å²) in [5, 5.41) is 1.07. The van der Waals surface area contributed by atoms with Crippen LogP contribution in [-0.4, -0.2) is 18.2 Å². The first-order valence-corrected chi connectivity index (χ1v) is 7.99. The van der Waals surface area contributed by atoms with Gasteiger partial charge in [-0.1, -0.05) is 0 Å². The highest BCUT2D eigenvalue weighted by Gasteiger charge is 2.10. The second-order valence-corrected chi connectivity index (χ2v) is 5.96. The van der Waals surface area contributed by atoms with Gasteiger partial charge >= 0.3 is 0 Å². The summed E-state index contributed by atoms with van der Waals surface area (Å²) in [5.41, 5.74) is 6.95. The summed E-state index contributed by atoms with van der Waals surface area (Å²) >= 11 is 1.68. The van der Waals surface area contributed by atoms with Gasteiger partial charge in [0.1, 0.15) is 11.5 Å². The van der Waals surface area contributed by atoms with E-state index in [1.807, 2.05) is 45.0 Å². The molecule has 0 aliphatic rings. The minimum atomic E-state index is 0.0447. The van der Waals surface area contributed by atoms with E-state index in [2.05, 4.69) is 4.98 Å². The molecule has 2 aromatic rings. The Morgan fingerprint density at radius 2 is 1.81 bits per heavy atom. The maximum Gasteiger partial charge on any atom is 0.119 e. The zero-order valence-electron chi connectivity index (χ0n) is 12.8. The quantitative estimate of drug-likeness (QED) is 0.850. The normalized spacial score (nSPS) is 12.2. The molecule has 1 heterocycles. The van der Waals surface area contributed by atoms with Crippen LogP contribution in [-0.2, 0) is 6.42 Å². The molecule has 0 saturated carbocycles. The first-order valence-electron chi connectivity index (χ1n) is 7.17. The van der Waals surface area contributed by atoms with Gasteiger partial charge in [0.05, 0.1) is 23.9 Å². The molecule has 1 aromatic carbocycles. The Hall–Kier alpha value is -1.59. The summed E-state index contributed by atoms with van der Waals surface area (Å²) in [4.78, 5) is 5.70. The largest absolute Gasteiger partial charge is 0.494 e. The zero-order chi connectivity index (χ0) is 15.2. The van der Waals surface area contributed by atoms with Crippen molar-refractivity contribution in [2.24, 2.45) is 5.73 Å². The molecule has 0 radical (unpaired) electrons. The average molecular weight is 306 g/mol. The van der Waals surface area contributed by atoms with E-state index >= 15 is 0 Å². The SMILES string of the molecule is CCOc1ccc(OCCc2nc(C)c(C(C)N)s2)cc1. The molecule has 114 valence electrons. The standard InChI is InChI=1S/C16H22N2O2S/c1-4-19-13-5-7-14(8-6-13)20-10-9-15-18-12(3)16(21-15)11(2)17/h5-8,11H,4,9-10,17H2,1-3H3. The molecule has 5 heteroatoms. The average Bonchev–Trinajstić information content (AvgIpc) is 2.82. The Bertz CT molecular complexity index is 564. The molecule has 0 aliphatic carbocycles. The van der Waals surface area contributed by atoms with Crippen molar-refractivity contribution in [1.82, 2.24) is 4.98 Å². The van der Waals surface area contributed by atoms with Crippen molar-refractivity contribution in [3.8, 4) is 11.5 Å². The fraction of sp³-hybridized carbons (Fsp3) is 0.438. The van der Waals surface area contributed by atoms with E-state index in [9.17, 15) is 0 Å². The van der Waals surface area contributed by atoms with Crippen molar-refractivity contribution in [3.63, 3.8) is 0 Å². The van der Waals surface area contributed by atoms with Crippen molar-refractivity contribution >= 4 is 11.3 Å². The molecule has 1 aromatic heterocycles. The van der Waals surface area contributed by atoms with Crippen molar-refractivity contribution in [1.29, 1.82) is 0 Å². The van der Waals surface area contributed by atoms with Gasteiger partial charge in [-0.15, -0.1) is 11.3 Å². The maximum atomic E-state index is 5.91. The lowest BCUT2D eigenvalue weighted by molar-refractivity contribution is 0.318. The third-order valence-corrected chi connectivity index (χ3v) is 4.43. The van der Waals surface area contributed by atoms with E-state index in [-0.39, 0.29) is 6.04 Å². The van der Waals surface area contributed by atoms with Crippen molar-refractivity contribution in [3.05, 3.63) is 39.8 Å². The molecular weight excluding hydrogens is 284 g/mol. The number of nitrogens with two attached hydrogens (primary N) is 1. The van der Waals surface area contributed by atoms with E-state index < -0.39 is 0 Å². The van der Waals surface area contributed by atoms with Gasteiger partial charge in [0.2, 0.25) is 0 Å². The number of hydrogen-bond donors (Lipinski definition) is 1. The number of benzene rings is 1. The van der Waals surface area contributed by atoms with Crippen LogP contribution in [0.4, 0.5) is 0 Å². The van der Waals surface area contributed by atoms with Gasteiger partial charge in [-0.2, -0.15) is 0 Å². The van der Waals surface area contributed by atoms with Gasteiger partial charge in [-0.25, -0.2) is 4.98 Å². The summed E-state index contributed by atoms with van der Waals surface area (Å²) < 4.78 is 11.1. The Labute approximate surface area is 129 Å². The smallest absolute Gasteiger partial charge is 0.119 e. The molecular formula is C16H22N2O2S. The maximum absolute atomic E-state index is 5.91. The molecule has 1 atom stereocenters. The van der Waals surface area contributed by atoms with Crippen LogP contribution in [0.3, 0.4) is 0 Å². The fourth-order valence-electron chi connectivity index (χ4n) is 2.05. The number of rotatable bonds is 7. The third kappa shape index (κ3) is 4.44. The number of aryl methyl sites for hydroxylation is 1. The summed E-state index contributed by atoms with van der Waals surface area (Å²) in [6.07, 6.45) is 0.797. The van der Waals surface area contributed by atoms with Gasteiger partial charge in [0, 0.05) is 17.3 Å². The van der Waals surface area contributed by atoms with E-state index in [1.54, 1.807) is 11.3 Å². The third-order valence-electron chi connectivity index (χ3n) is 3.01. The van der Waals surface area contributed by atoms with Crippen molar-refractivity contribution < 1.29 is 9.47 Å². The van der Waals surface area contributed by atoms with Crippen molar-refractivity contribution in [2.45, 2.75) is 33.2 Å². The topological polar surface area (TPSA) is 57.4 Å². The first kappa shape index (κ1) is 15.8. The molecule has 0 fully saturated rings. The van der Waals surface area contributed by atoms with Gasteiger partial charge in [0.25, 0.3) is 0 Å². The summed E-state index contributed by atoms with van der Waals surface area (Å²) in [5.74, 6) is 1.71. The van der Waals surface area contributed by atoms with Crippen molar-refractivity contribution in [2.75, 3.05) is 13.2 Å². The Balaban J connectivity index is 1.85. The molecule has 0 spiro atoms. The molecule has 1 unspecified atom stereocenters. The molecule has 0 bridgehead atoms. The number of hydrogen-bond acceptors (Lipinski definition) is 5. The van der Waals surface area contributed by atoms with Crippen LogP contribution in [0.1, 0.15) is 35.5 Å². The molecule has 2 N–H and O–H groups in total. The van der Waals surface area contributed by atoms with Gasteiger partial charge in [-0.05, 0) is 45.0 Å². The Morgan fingerprint density at radius 1 is 1.19 bits per heavy atom. The van der Waals surface area contributed by atoms with E-state index in [0.29, 0.717) is 13.2 Å². The summed E-state index contributed by atoms with van der Waals surface area (Å²) in [7, 11) is 0. The lowest BCUT2D eigenvalue weighted by atomic mass is 10.2. The van der Waals surface area contributed by atoms with E-state index in [0.717, 1.165) is 33.5 Å². The summed E-state index contributed by atoms with van der Waals surface area (Å²) in [6, 6.07) is 7.72. The predicted octanol–water partition coefficient (Wildman–Crippen LogP) is 3.49. The lowest BCUT2D eigenvalue weighted by Crippen LogP contribution is -2.03. The second kappa shape index (κ2) is 7.43. The minimum absolute atomic E-state index is 0.0447. The molecule has 0 saturated heterocycles. The highest BCUT2D eigenvalue weighted by atomic mass is 32.1. The highest BCUT2D eigenvalue weighted by Crippen LogP contribution is 2.24. The number of aromatic nitrogens is 1. The van der Waals surface area contributed by atoms with Crippen LogP contribution in [0.2, 0.25) is 0 Å². The molecule has 4 nitrogen and oxygen atoms in total. The minimum Gasteiger partial charge on any atom is -0.494 e. The Kier molecular flexibility index (Phi) is 5.59. The molecule has 2 rings (SSSR count). The van der Waals surface area contributed by atoms with Gasteiger partial charge in [-0.3, -0.25) is 0 Å². The molecule has 21 heavy (non-hydrogen) atoms. The van der Waals surface area contributed by atoms with Gasteiger partial charge < -0.3 is 15.2 Å². The highest BCUT2D eigenvalue weighted by molar-refractivity contribution is 7.11. The first-order chi connectivity index (χ1) is 10.1. The predicted molar refractivity (Wildman–Crippen MR) is 86.3 cm³/mol. The monoisotopic (exact) mass is 306 g/mol. The van der Waals surface area contributed by atoms with Crippen LogP contribution >= 0.6 is 11.3 Å². The van der Waals surface area contributed by atoms with Crippen LogP contribution in [0.5, 0.6) is 11.5 Å². The van der Waals surface area contributed by atoms with Crippen LogP contribution < -0.4 is 15.2 Å². The number of thiazole rings is 1. The molecule has 0 aliphatic heterocycles. The fourth-order valence-corrected chi connectivity index (χ4v) is 3.05.